The van der Waals surface area contributed by atoms with Crippen molar-refractivity contribution in [3.8, 4) is 0 Å². The molecule has 0 aliphatic heterocycles. The summed E-state index contributed by atoms with van der Waals surface area (Å²) in [6, 6.07) is 16.1. The molecular formula is C29H29Cl4N3O4S. The van der Waals surface area contributed by atoms with E-state index in [9.17, 15) is 18.0 Å². The summed E-state index contributed by atoms with van der Waals surface area (Å²) in [7, 11) is -4.25. The summed E-state index contributed by atoms with van der Waals surface area (Å²) in [5.41, 5.74) is 0.695. The Labute approximate surface area is 260 Å². The molecule has 1 atom stereocenters. The van der Waals surface area contributed by atoms with Gasteiger partial charge in [0.1, 0.15) is 12.6 Å². The molecule has 12 heteroatoms. The molecule has 4 rings (SSSR count). The molecule has 0 spiro atoms. The number of halogens is 4. The van der Waals surface area contributed by atoms with Gasteiger partial charge in [0, 0.05) is 17.6 Å². The van der Waals surface area contributed by atoms with Crippen molar-refractivity contribution in [2.75, 3.05) is 10.8 Å². The Morgan fingerprint density at radius 3 is 2.22 bits per heavy atom. The van der Waals surface area contributed by atoms with Gasteiger partial charge >= 0.3 is 0 Å². The predicted molar refractivity (Wildman–Crippen MR) is 164 cm³/mol. The second-order valence-corrected chi connectivity index (χ2v) is 13.4. The summed E-state index contributed by atoms with van der Waals surface area (Å²) in [4.78, 5) is 28.6. The third-order valence-electron chi connectivity index (χ3n) is 6.99. The van der Waals surface area contributed by atoms with Gasteiger partial charge in [0.25, 0.3) is 10.0 Å². The van der Waals surface area contributed by atoms with E-state index in [0.29, 0.717) is 20.6 Å². The average molecular weight is 657 g/mol. The van der Waals surface area contributed by atoms with E-state index in [1.54, 1.807) is 43.3 Å². The standard InChI is InChI=1S/C29H29Cl4N3O4S/c1-19(29(38)34-22-7-5-6-8-22)35(17-20-11-13-24(31)25(32)15-20)28(37)18-36(27-14-12-21(30)16-26(27)33)41(39,40)23-9-3-2-4-10-23/h2-4,9-16,19,22H,5-8,17-18H2,1H3,(H,34,38)/t19-/m1/s1. The van der Waals surface area contributed by atoms with Crippen molar-refractivity contribution in [1.82, 2.24) is 10.2 Å². The molecule has 1 aliphatic carbocycles. The van der Waals surface area contributed by atoms with Gasteiger partial charge < -0.3 is 10.2 Å². The molecule has 7 nitrogen and oxygen atoms in total. The molecule has 1 fully saturated rings. The maximum Gasteiger partial charge on any atom is 0.264 e. The minimum Gasteiger partial charge on any atom is -0.352 e. The Morgan fingerprint density at radius 1 is 0.902 bits per heavy atom. The molecule has 3 aromatic rings. The van der Waals surface area contributed by atoms with E-state index < -0.39 is 28.5 Å². The van der Waals surface area contributed by atoms with Crippen LogP contribution in [0, 0.1) is 0 Å². The van der Waals surface area contributed by atoms with Crippen molar-refractivity contribution < 1.29 is 18.0 Å². The number of amides is 2. The third kappa shape index (κ3) is 7.67. The molecule has 0 aromatic heterocycles. The molecular weight excluding hydrogens is 628 g/mol. The van der Waals surface area contributed by atoms with Crippen molar-refractivity contribution in [2.45, 2.75) is 56.1 Å². The number of sulfonamides is 1. The van der Waals surface area contributed by atoms with E-state index in [1.807, 2.05) is 0 Å². The van der Waals surface area contributed by atoms with Gasteiger partial charge in [-0.25, -0.2) is 8.42 Å². The molecule has 2 amide bonds. The SMILES string of the molecule is C[C@H](C(=O)NC1CCCC1)N(Cc1ccc(Cl)c(Cl)c1)C(=O)CN(c1ccc(Cl)cc1Cl)S(=O)(=O)c1ccccc1. The largest absolute Gasteiger partial charge is 0.352 e. The first kappa shape index (κ1) is 31.4. The van der Waals surface area contributed by atoms with Gasteiger partial charge in [-0.2, -0.15) is 0 Å². The van der Waals surface area contributed by atoms with Gasteiger partial charge in [0.05, 0.1) is 25.7 Å². The van der Waals surface area contributed by atoms with Crippen molar-refractivity contribution in [3.05, 3.63) is 92.4 Å². The van der Waals surface area contributed by atoms with Crippen LogP contribution in [0.2, 0.25) is 20.1 Å². The van der Waals surface area contributed by atoms with E-state index in [1.165, 1.54) is 35.2 Å². The van der Waals surface area contributed by atoms with Crippen LogP contribution in [-0.2, 0) is 26.2 Å². The zero-order chi connectivity index (χ0) is 29.7. The van der Waals surface area contributed by atoms with E-state index in [-0.39, 0.29) is 34.1 Å². The van der Waals surface area contributed by atoms with Crippen LogP contribution in [0.15, 0.2) is 71.6 Å². The molecule has 1 N–H and O–H groups in total. The Hall–Kier alpha value is -2.49. The minimum absolute atomic E-state index is 0.0114. The molecule has 41 heavy (non-hydrogen) atoms. The van der Waals surface area contributed by atoms with Gasteiger partial charge in [0.15, 0.2) is 0 Å². The molecule has 0 heterocycles. The minimum atomic E-state index is -4.25. The molecule has 1 aliphatic rings. The van der Waals surface area contributed by atoms with Crippen LogP contribution in [0.4, 0.5) is 5.69 Å². The fraction of sp³-hybridized carbons (Fsp3) is 0.310. The number of rotatable bonds is 10. The highest BCUT2D eigenvalue weighted by atomic mass is 35.5. The lowest BCUT2D eigenvalue weighted by Gasteiger charge is -2.32. The third-order valence-corrected chi connectivity index (χ3v) is 10.0. The van der Waals surface area contributed by atoms with Crippen molar-refractivity contribution in [2.24, 2.45) is 0 Å². The van der Waals surface area contributed by atoms with Crippen LogP contribution < -0.4 is 9.62 Å². The lowest BCUT2D eigenvalue weighted by Crippen LogP contribution is -2.52. The second kappa shape index (κ2) is 13.7. The van der Waals surface area contributed by atoms with Crippen LogP contribution >= 0.6 is 46.4 Å². The number of anilines is 1. The fourth-order valence-electron chi connectivity index (χ4n) is 4.73. The van der Waals surface area contributed by atoms with Crippen LogP contribution in [0.3, 0.4) is 0 Å². The summed E-state index contributed by atoms with van der Waals surface area (Å²) in [5, 5.41) is 4.02. The predicted octanol–water partition coefficient (Wildman–Crippen LogP) is 6.97. The molecule has 0 radical (unpaired) electrons. The Morgan fingerprint density at radius 2 is 1.59 bits per heavy atom. The zero-order valence-corrected chi connectivity index (χ0v) is 26.0. The van der Waals surface area contributed by atoms with E-state index in [0.717, 1.165) is 30.0 Å². The van der Waals surface area contributed by atoms with E-state index >= 15 is 0 Å². The first-order chi connectivity index (χ1) is 19.5. The van der Waals surface area contributed by atoms with Gasteiger partial charge in [-0.05, 0) is 67.8 Å². The number of nitrogens with zero attached hydrogens (tertiary/aromatic N) is 2. The topological polar surface area (TPSA) is 86.8 Å². The highest BCUT2D eigenvalue weighted by Crippen LogP contribution is 2.33. The van der Waals surface area contributed by atoms with E-state index in [4.69, 9.17) is 46.4 Å². The molecule has 0 bridgehead atoms. The number of hydrogen-bond donors (Lipinski definition) is 1. The smallest absolute Gasteiger partial charge is 0.264 e. The first-order valence-electron chi connectivity index (χ1n) is 13.0. The maximum atomic E-state index is 14.0. The summed E-state index contributed by atoms with van der Waals surface area (Å²) in [5.74, 6) is -0.942. The number of nitrogens with one attached hydrogen (secondary N) is 1. The van der Waals surface area contributed by atoms with Gasteiger partial charge in [0.2, 0.25) is 11.8 Å². The van der Waals surface area contributed by atoms with Crippen LogP contribution in [-0.4, -0.2) is 43.8 Å². The number of hydrogen-bond acceptors (Lipinski definition) is 4. The van der Waals surface area contributed by atoms with Crippen LogP contribution in [0.1, 0.15) is 38.2 Å². The number of carbonyl (C=O) groups excluding carboxylic acids is 2. The first-order valence-corrected chi connectivity index (χ1v) is 16.0. The van der Waals surface area contributed by atoms with Crippen LogP contribution in [0.25, 0.3) is 0 Å². The molecule has 0 saturated heterocycles. The van der Waals surface area contributed by atoms with Crippen LogP contribution in [0.5, 0.6) is 0 Å². The second-order valence-electron chi connectivity index (χ2n) is 9.86. The monoisotopic (exact) mass is 655 g/mol. The average Bonchev–Trinajstić information content (AvgIpc) is 3.45. The molecule has 218 valence electrons. The number of carbonyl (C=O) groups is 2. The Bertz CT molecular complexity index is 1520. The summed E-state index contributed by atoms with van der Waals surface area (Å²) in [6.45, 7) is 0.981. The Kier molecular flexibility index (Phi) is 10.5. The molecule has 1 saturated carbocycles. The fourth-order valence-corrected chi connectivity index (χ4v) is 7.06. The maximum absolute atomic E-state index is 14.0. The molecule has 0 unspecified atom stereocenters. The summed E-state index contributed by atoms with van der Waals surface area (Å²) >= 11 is 24.8. The number of benzene rings is 3. The normalized spacial score (nSPS) is 14.5. The van der Waals surface area contributed by atoms with Crippen molar-refractivity contribution >= 4 is 73.9 Å². The van der Waals surface area contributed by atoms with Crippen molar-refractivity contribution in [3.63, 3.8) is 0 Å². The van der Waals surface area contributed by atoms with Gasteiger partial charge in [-0.3, -0.25) is 13.9 Å². The van der Waals surface area contributed by atoms with Crippen molar-refractivity contribution in [1.29, 1.82) is 0 Å². The zero-order valence-electron chi connectivity index (χ0n) is 22.2. The molecule has 3 aromatic carbocycles. The lowest BCUT2D eigenvalue weighted by molar-refractivity contribution is -0.139. The summed E-state index contributed by atoms with van der Waals surface area (Å²) < 4.78 is 28.6. The summed E-state index contributed by atoms with van der Waals surface area (Å²) in [6.07, 6.45) is 3.80. The van der Waals surface area contributed by atoms with E-state index in [2.05, 4.69) is 5.32 Å². The van der Waals surface area contributed by atoms with Gasteiger partial charge in [-0.1, -0.05) is 83.5 Å². The Balaban J connectivity index is 1.71. The highest BCUT2D eigenvalue weighted by Gasteiger charge is 2.34. The lowest BCUT2D eigenvalue weighted by atomic mass is 10.1. The quantitative estimate of drug-likeness (QED) is 0.255. The highest BCUT2D eigenvalue weighted by molar-refractivity contribution is 7.92. The van der Waals surface area contributed by atoms with Gasteiger partial charge in [-0.15, -0.1) is 0 Å².